The summed E-state index contributed by atoms with van der Waals surface area (Å²) in [5.41, 5.74) is 3.92. The molecule has 0 saturated carbocycles. The molecule has 1 N–H and O–H groups in total. The number of nitrogens with zero attached hydrogens (tertiary/aromatic N) is 3. The number of aromatic nitrogens is 2. The van der Waals surface area contributed by atoms with Crippen LogP contribution in [-0.2, 0) is 0 Å². The van der Waals surface area contributed by atoms with Crippen molar-refractivity contribution in [3.8, 4) is 5.69 Å². The van der Waals surface area contributed by atoms with Crippen molar-refractivity contribution in [2.45, 2.75) is 0 Å². The molecule has 6 nitrogen and oxygen atoms in total. The zero-order chi connectivity index (χ0) is 20.8. The second-order valence-electron chi connectivity index (χ2n) is 6.44. The van der Waals surface area contributed by atoms with Gasteiger partial charge in [0, 0.05) is 11.6 Å². The first-order valence-corrected chi connectivity index (χ1v) is 9.36. The number of benzene rings is 3. The van der Waals surface area contributed by atoms with Crippen LogP contribution in [0.3, 0.4) is 0 Å². The third kappa shape index (κ3) is 4.07. The summed E-state index contributed by atoms with van der Waals surface area (Å²) >= 11 is 0. The van der Waals surface area contributed by atoms with Gasteiger partial charge in [-0.25, -0.2) is 5.43 Å². The van der Waals surface area contributed by atoms with Gasteiger partial charge in [0.2, 0.25) is 0 Å². The fraction of sp³-hybridized carbons (Fsp3) is 0. The molecule has 6 heteroatoms. The van der Waals surface area contributed by atoms with Gasteiger partial charge in [0.25, 0.3) is 11.5 Å². The van der Waals surface area contributed by atoms with Gasteiger partial charge < -0.3 is 0 Å². The number of amides is 1. The monoisotopic (exact) mass is 394 g/mol. The SMILES string of the molecule is O=C(N/N=C\C=C\c1ccccc1)c1nn(-c2ccccc2)c(=O)c2ccccc12. The van der Waals surface area contributed by atoms with E-state index in [9.17, 15) is 9.59 Å². The van der Waals surface area contributed by atoms with Crippen LogP contribution in [0.2, 0.25) is 0 Å². The molecule has 1 heterocycles. The lowest BCUT2D eigenvalue weighted by Gasteiger charge is -2.10. The average molecular weight is 394 g/mol. The maximum Gasteiger partial charge on any atom is 0.292 e. The summed E-state index contributed by atoms with van der Waals surface area (Å²) in [6.07, 6.45) is 5.09. The molecule has 0 aliphatic heterocycles. The Morgan fingerprint density at radius 3 is 2.23 bits per heavy atom. The molecule has 3 aromatic carbocycles. The van der Waals surface area contributed by atoms with Gasteiger partial charge in [0.1, 0.15) is 0 Å². The van der Waals surface area contributed by atoms with Gasteiger partial charge in [-0.1, -0.05) is 72.8 Å². The molecular weight excluding hydrogens is 376 g/mol. The smallest absolute Gasteiger partial charge is 0.267 e. The molecule has 0 aliphatic rings. The highest BCUT2D eigenvalue weighted by Gasteiger charge is 2.16. The van der Waals surface area contributed by atoms with E-state index < -0.39 is 5.91 Å². The summed E-state index contributed by atoms with van der Waals surface area (Å²) in [5.74, 6) is -0.500. The maximum atomic E-state index is 12.9. The van der Waals surface area contributed by atoms with Crippen LogP contribution in [0.5, 0.6) is 0 Å². The minimum absolute atomic E-state index is 0.123. The van der Waals surface area contributed by atoms with Crippen LogP contribution in [0.4, 0.5) is 0 Å². The first-order valence-electron chi connectivity index (χ1n) is 9.36. The normalized spacial score (nSPS) is 11.3. The van der Waals surface area contributed by atoms with Crippen molar-refractivity contribution in [1.82, 2.24) is 15.2 Å². The molecule has 1 amide bonds. The van der Waals surface area contributed by atoms with E-state index in [1.54, 1.807) is 42.5 Å². The highest BCUT2D eigenvalue weighted by atomic mass is 16.2. The topological polar surface area (TPSA) is 76.3 Å². The molecule has 0 atom stereocenters. The van der Waals surface area contributed by atoms with Crippen LogP contribution in [0.1, 0.15) is 16.1 Å². The second-order valence-corrected chi connectivity index (χ2v) is 6.44. The Bertz CT molecular complexity index is 1290. The minimum atomic E-state index is -0.500. The lowest BCUT2D eigenvalue weighted by Crippen LogP contribution is -2.28. The van der Waals surface area contributed by atoms with E-state index in [1.807, 2.05) is 54.6 Å². The van der Waals surface area contributed by atoms with Crippen LogP contribution in [-0.4, -0.2) is 21.9 Å². The van der Waals surface area contributed by atoms with Crippen LogP contribution in [0.25, 0.3) is 22.5 Å². The van der Waals surface area contributed by atoms with E-state index in [2.05, 4.69) is 15.6 Å². The highest BCUT2D eigenvalue weighted by molar-refractivity contribution is 6.05. The predicted octanol–water partition coefficient (Wildman–Crippen LogP) is 3.81. The van der Waals surface area contributed by atoms with E-state index in [1.165, 1.54) is 10.9 Å². The Balaban J connectivity index is 1.64. The summed E-state index contributed by atoms with van der Waals surface area (Å²) in [6.45, 7) is 0. The van der Waals surface area contributed by atoms with Gasteiger partial charge >= 0.3 is 0 Å². The van der Waals surface area contributed by atoms with Crippen LogP contribution >= 0.6 is 0 Å². The van der Waals surface area contributed by atoms with Crippen LogP contribution in [0, 0.1) is 0 Å². The molecule has 0 saturated heterocycles. The summed E-state index contributed by atoms with van der Waals surface area (Å²) < 4.78 is 1.23. The number of nitrogens with one attached hydrogen (secondary N) is 1. The van der Waals surface area contributed by atoms with E-state index in [4.69, 9.17) is 0 Å². The molecule has 30 heavy (non-hydrogen) atoms. The van der Waals surface area contributed by atoms with Gasteiger partial charge in [0.05, 0.1) is 11.1 Å². The van der Waals surface area contributed by atoms with Crippen molar-refractivity contribution in [1.29, 1.82) is 0 Å². The van der Waals surface area contributed by atoms with Gasteiger partial charge in [-0.2, -0.15) is 14.9 Å². The number of carbonyl (C=O) groups excluding carboxylic acids is 1. The second kappa shape index (κ2) is 8.79. The third-order valence-electron chi connectivity index (χ3n) is 4.44. The molecule has 0 aliphatic carbocycles. The lowest BCUT2D eigenvalue weighted by molar-refractivity contribution is 0.0950. The Labute approximate surface area is 172 Å². The number of para-hydroxylation sites is 1. The maximum absolute atomic E-state index is 12.9. The predicted molar refractivity (Wildman–Crippen MR) is 119 cm³/mol. The van der Waals surface area contributed by atoms with Crippen molar-refractivity contribution in [2.24, 2.45) is 5.10 Å². The summed E-state index contributed by atoms with van der Waals surface area (Å²) in [7, 11) is 0. The average Bonchev–Trinajstić information content (AvgIpc) is 2.80. The van der Waals surface area contributed by atoms with Crippen molar-refractivity contribution < 1.29 is 4.79 Å². The van der Waals surface area contributed by atoms with Gasteiger partial charge in [-0.05, 0) is 29.8 Å². The minimum Gasteiger partial charge on any atom is -0.267 e. The number of hydrazone groups is 1. The molecule has 0 bridgehead atoms. The summed E-state index contributed by atoms with van der Waals surface area (Å²) in [4.78, 5) is 25.6. The van der Waals surface area contributed by atoms with Gasteiger partial charge in [0.15, 0.2) is 5.69 Å². The Hall–Kier alpha value is -4.32. The molecule has 0 spiro atoms. The Morgan fingerprint density at radius 1 is 0.867 bits per heavy atom. The fourth-order valence-corrected chi connectivity index (χ4v) is 3.01. The van der Waals surface area contributed by atoms with Crippen LogP contribution < -0.4 is 11.0 Å². The molecule has 0 fully saturated rings. The van der Waals surface area contributed by atoms with E-state index in [-0.39, 0.29) is 11.3 Å². The molecule has 1 aromatic heterocycles. The van der Waals surface area contributed by atoms with Crippen molar-refractivity contribution >= 4 is 29.0 Å². The quantitative estimate of drug-likeness (QED) is 0.413. The number of hydrogen-bond acceptors (Lipinski definition) is 4. The third-order valence-corrected chi connectivity index (χ3v) is 4.44. The Kier molecular flexibility index (Phi) is 5.57. The fourth-order valence-electron chi connectivity index (χ4n) is 3.01. The molecular formula is C24H18N4O2. The Morgan fingerprint density at radius 2 is 1.50 bits per heavy atom. The van der Waals surface area contributed by atoms with Crippen molar-refractivity contribution in [3.63, 3.8) is 0 Å². The van der Waals surface area contributed by atoms with Gasteiger partial charge in [-0.3, -0.25) is 9.59 Å². The first kappa shape index (κ1) is 19.0. The molecule has 4 rings (SSSR count). The largest absolute Gasteiger partial charge is 0.292 e. The highest BCUT2D eigenvalue weighted by Crippen LogP contribution is 2.15. The number of hydrogen-bond donors (Lipinski definition) is 1. The number of rotatable bonds is 5. The van der Waals surface area contributed by atoms with E-state index in [0.717, 1.165) is 5.56 Å². The zero-order valence-electron chi connectivity index (χ0n) is 16.0. The summed E-state index contributed by atoms with van der Waals surface area (Å²) in [5, 5.41) is 9.16. The number of allylic oxidation sites excluding steroid dienone is 1. The molecule has 0 unspecified atom stereocenters. The summed E-state index contributed by atoms with van der Waals surface area (Å²) in [6, 6.07) is 25.6. The molecule has 4 aromatic rings. The molecule has 0 radical (unpaired) electrons. The number of carbonyl (C=O) groups is 1. The zero-order valence-corrected chi connectivity index (χ0v) is 16.0. The van der Waals surface area contributed by atoms with E-state index in [0.29, 0.717) is 16.5 Å². The van der Waals surface area contributed by atoms with Crippen molar-refractivity contribution in [3.05, 3.63) is 113 Å². The lowest BCUT2D eigenvalue weighted by atomic mass is 10.1. The number of fused-ring (bicyclic) bond motifs is 1. The molecule has 146 valence electrons. The van der Waals surface area contributed by atoms with Crippen molar-refractivity contribution in [2.75, 3.05) is 0 Å². The first-order chi connectivity index (χ1) is 14.7. The van der Waals surface area contributed by atoms with Gasteiger partial charge in [-0.15, -0.1) is 0 Å². The standard InChI is InChI=1S/C24H18N4O2/c29-23(26-25-17-9-12-18-10-3-1-4-11-18)22-20-15-7-8-16-21(20)24(30)28(27-22)19-13-5-2-6-14-19/h1-17H,(H,26,29)/b12-9+,25-17-. The van der Waals surface area contributed by atoms with E-state index >= 15 is 0 Å². The van der Waals surface area contributed by atoms with Crippen LogP contribution in [0.15, 0.2) is 101 Å².